The average Bonchev–Trinajstić information content (AvgIpc) is 2.10. The Labute approximate surface area is 55.8 Å². The molecule has 2 nitrogen and oxygen atoms in total. The second kappa shape index (κ2) is 2.01. The Hall–Kier alpha value is -0.530. The van der Waals surface area contributed by atoms with E-state index in [1.807, 2.05) is 4.90 Å². The maximum Gasteiger partial charge on any atom is 0.209 e. The van der Waals surface area contributed by atoms with E-state index in [-0.39, 0.29) is 0 Å². The van der Waals surface area contributed by atoms with Crippen molar-refractivity contribution in [1.29, 1.82) is 0 Å². The largest absolute Gasteiger partial charge is 0.345 e. The van der Waals surface area contributed by atoms with E-state index in [2.05, 4.69) is 13.8 Å². The standard InChI is InChI=1S/C7H13NO/c1-7(2)3-4-8(5-7)6-9/h6H,3-5H2,1-2H3. The first-order valence-electron chi connectivity index (χ1n) is 3.33. The molecular weight excluding hydrogens is 114 g/mol. The van der Waals surface area contributed by atoms with Gasteiger partial charge in [0, 0.05) is 13.1 Å². The van der Waals surface area contributed by atoms with Crippen LogP contribution in [0, 0.1) is 5.41 Å². The molecule has 1 fully saturated rings. The molecule has 1 heterocycles. The highest BCUT2D eigenvalue weighted by Gasteiger charge is 2.27. The molecule has 52 valence electrons. The molecule has 0 atom stereocenters. The molecule has 1 aliphatic heterocycles. The molecule has 0 unspecified atom stereocenters. The zero-order chi connectivity index (χ0) is 6.91. The highest BCUT2D eigenvalue weighted by atomic mass is 16.1. The van der Waals surface area contributed by atoms with Crippen LogP contribution in [0.15, 0.2) is 0 Å². The molecule has 0 aliphatic carbocycles. The quantitative estimate of drug-likeness (QED) is 0.479. The van der Waals surface area contributed by atoms with Crippen LogP contribution in [0.5, 0.6) is 0 Å². The third kappa shape index (κ3) is 1.44. The fraction of sp³-hybridized carbons (Fsp3) is 0.857. The number of hydrogen-bond acceptors (Lipinski definition) is 1. The summed E-state index contributed by atoms with van der Waals surface area (Å²) < 4.78 is 0. The van der Waals surface area contributed by atoms with Crippen LogP contribution in [0.2, 0.25) is 0 Å². The number of carbonyl (C=O) groups is 1. The van der Waals surface area contributed by atoms with Gasteiger partial charge in [0.1, 0.15) is 0 Å². The van der Waals surface area contributed by atoms with E-state index in [9.17, 15) is 4.79 Å². The lowest BCUT2D eigenvalue weighted by Crippen LogP contribution is -2.21. The van der Waals surface area contributed by atoms with Crippen molar-refractivity contribution in [3.63, 3.8) is 0 Å². The van der Waals surface area contributed by atoms with Crippen molar-refractivity contribution in [3.8, 4) is 0 Å². The molecule has 0 spiro atoms. The van der Waals surface area contributed by atoms with Gasteiger partial charge in [-0.2, -0.15) is 0 Å². The Bertz CT molecular complexity index is 120. The lowest BCUT2D eigenvalue weighted by molar-refractivity contribution is -0.117. The zero-order valence-electron chi connectivity index (χ0n) is 6.05. The van der Waals surface area contributed by atoms with Crippen molar-refractivity contribution in [2.75, 3.05) is 13.1 Å². The Morgan fingerprint density at radius 2 is 2.22 bits per heavy atom. The first kappa shape index (κ1) is 6.59. The third-order valence-electron chi connectivity index (χ3n) is 1.86. The van der Waals surface area contributed by atoms with Crippen LogP contribution in [0.25, 0.3) is 0 Å². The summed E-state index contributed by atoms with van der Waals surface area (Å²) >= 11 is 0. The normalized spacial score (nSPS) is 24.4. The van der Waals surface area contributed by atoms with Crippen molar-refractivity contribution in [2.24, 2.45) is 5.41 Å². The summed E-state index contributed by atoms with van der Waals surface area (Å²) in [5.41, 5.74) is 0.362. The Kier molecular flexibility index (Phi) is 1.47. The number of likely N-dealkylation sites (tertiary alicyclic amines) is 1. The molecule has 1 aliphatic rings. The van der Waals surface area contributed by atoms with Crippen molar-refractivity contribution in [2.45, 2.75) is 20.3 Å². The summed E-state index contributed by atoms with van der Waals surface area (Å²) in [5.74, 6) is 0. The number of rotatable bonds is 1. The Balaban J connectivity index is 2.47. The molecule has 0 bridgehead atoms. The van der Waals surface area contributed by atoms with Crippen LogP contribution in [0.1, 0.15) is 20.3 Å². The van der Waals surface area contributed by atoms with Crippen molar-refractivity contribution >= 4 is 6.41 Å². The van der Waals surface area contributed by atoms with Gasteiger partial charge in [-0.3, -0.25) is 4.79 Å². The van der Waals surface area contributed by atoms with E-state index in [0.717, 1.165) is 25.9 Å². The molecule has 1 rings (SSSR count). The third-order valence-corrected chi connectivity index (χ3v) is 1.86. The maximum absolute atomic E-state index is 10.2. The van der Waals surface area contributed by atoms with Gasteiger partial charge in [0.2, 0.25) is 6.41 Å². The van der Waals surface area contributed by atoms with Crippen LogP contribution in [0.3, 0.4) is 0 Å². The van der Waals surface area contributed by atoms with Gasteiger partial charge in [0.15, 0.2) is 0 Å². The Morgan fingerprint density at radius 1 is 1.56 bits per heavy atom. The summed E-state index contributed by atoms with van der Waals surface area (Å²) in [4.78, 5) is 12.1. The van der Waals surface area contributed by atoms with Gasteiger partial charge in [0.25, 0.3) is 0 Å². The zero-order valence-corrected chi connectivity index (χ0v) is 6.05. The average molecular weight is 127 g/mol. The monoisotopic (exact) mass is 127 g/mol. The minimum atomic E-state index is 0.362. The molecule has 0 radical (unpaired) electrons. The van der Waals surface area contributed by atoms with Crippen LogP contribution in [-0.4, -0.2) is 24.4 Å². The second-order valence-corrected chi connectivity index (χ2v) is 3.49. The first-order chi connectivity index (χ1) is 4.14. The summed E-state index contributed by atoms with van der Waals surface area (Å²) in [5, 5.41) is 0. The van der Waals surface area contributed by atoms with Gasteiger partial charge < -0.3 is 4.90 Å². The molecule has 1 saturated heterocycles. The first-order valence-corrected chi connectivity index (χ1v) is 3.33. The number of nitrogens with zero attached hydrogens (tertiary/aromatic N) is 1. The summed E-state index contributed by atoms with van der Waals surface area (Å²) in [6.45, 7) is 6.25. The van der Waals surface area contributed by atoms with E-state index >= 15 is 0 Å². The minimum absolute atomic E-state index is 0.362. The highest BCUT2D eigenvalue weighted by Crippen LogP contribution is 2.27. The van der Waals surface area contributed by atoms with Gasteiger partial charge in [-0.05, 0) is 11.8 Å². The molecular formula is C7H13NO. The molecule has 1 amide bonds. The minimum Gasteiger partial charge on any atom is -0.345 e. The van der Waals surface area contributed by atoms with Crippen LogP contribution >= 0.6 is 0 Å². The van der Waals surface area contributed by atoms with E-state index in [1.165, 1.54) is 0 Å². The van der Waals surface area contributed by atoms with E-state index < -0.39 is 0 Å². The molecule has 0 aromatic rings. The van der Waals surface area contributed by atoms with Gasteiger partial charge in [-0.25, -0.2) is 0 Å². The lowest BCUT2D eigenvalue weighted by atomic mass is 9.93. The summed E-state index contributed by atoms with van der Waals surface area (Å²) in [6, 6.07) is 0. The van der Waals surface area contributed by atoms with Gasteiger partial charge >= 0.3 is 0 Å². The van der Waals surface area contributed by atoms with Crippen LogP contribution < -0.4 is 0 Å². The van der Waals surface area contributed by atoms with E-state index in [4.69, 9.17) is 0 Å². The van der Waals surface area contributed by atoms with Crippen molar-refractivity contribution in [1.82, 2.24) is 4.90 Å². The SMILES string of the molecule is CC1(C)CCN(C=O)C1. The molecule has 0 N–H and O–H groups in total. The predicted molar refractivity (Wildman–Crippen MR) is 36.0 cm³/mol. The topological polar surface area (TPSA) is 20.3 Å². The van der Waals surface area contributed by atoms with Gasteiger partial charge in [0.05, 0.1) is 0 Å². The van der Waals surface area contributed by atoms with Crippen LogP contribution in [0.4, 0.5) is 0 Å². The van der Waals surface area contributed by atoms with E-state index in [0.29, 0.717) is 5.41 Å². The highest BCUT2D eigenvalue weighted by molar-refractivity contribution is 5.47. The molecule has 0 aromatic carbocycles. The van der Waals surface area contributed by atoms with Crippen molar-refractivity contribution < 1.29 is 4.79 Å². The molecule has 9 heavy (non-hydrogen) atoms. The number of amides is 1. The fourth-order valence-electron chi connectivity index (χ4n) is 1.24. The smallest absolute Gasteiger partial charge is 0.209 e. The molecule has 0 aromatic heterocycles. The second-order valence-electron chi connectivity index (χ2n) is 3.49. The molecule has 2 heteroatoms. The van der Waals surface area contributed by atoms with E-state index in [1.54, 1.807) is 0 Å². The summed E-state index contributed by atoms with van der Waals surface area (Å²) in [7, 11) is 0. The number of hydrogen-bond donors (Lipinski definition) is 0. The molecule has 0 saturated carbocycles. The predicted octanol–water partition coefficient (Wildman–Crippen LogP) is 0.875. The summed E-state index contributed by atoms with van der Waals surface area (Å²) in [6.07, 6.45) is 2.08. The van der Waals surface area contributed by atoms with Crippen molar-refractivity contribution in [3.05, 3.63) is 0 Å². The fourth-order valence-corrected chi connectivity index (χ4v) is 1.24. The Morgan fingerprint density at radius 3 is 2.44 bits per heavy atom. The van der Waals surface area contributed by atoms with Gasteiger partial charge in [-0.15, -0.1) is 0 Å². The maximum atomic E-state index is 10.2. The lowest BCUT2D eigenvalue weighted by Gasteiger charge is -2.15. The number of carbonyl (C=O) groups excluding carboxylic acids is 1. The van der Waals surface area contributed by atoms with Crippen LogP contribution in [-0.2, 0) is 4.79 Å². The van der Waals surface area contributed by atoms with Gasteiger partial charge in [-0.1, -0.05) is 13.8 Å².